The lowest BCUT2D eigenvalue weighted by Gasteiger charge is -2.12. The van der Waals surface area contributed by atoms with Gasteiger partial charge in [0, 0.05) is 34.6 Å². The molecule has 138 valence electrons. The van der Waals surface area contributed by atoms with Gasteiger partial charge in [-0.3, -0.25) is 9.19 Å². The molecule has 0 saturated heterocycles. The molecule has 0 bridgehead atoms. The van der Waals surface area contributed by atoms with E-state index in [0.29, 0.717) is 17.5 Å². The number of pyridine rings is 1. The van der Waals surface area contributed by atoms with E-state index < -0.39 is 10.8 Å². The highest BCUT2D eigenvalue weighted by Crippen LogP contribution is 2.32. The van der Waals surface area contributed by atoms with Crippen molar-refractivity contribution in [3.05, 3.63) is 70.7 Å². The van der Waals surface area contributed by atoms with Gasteiger partial charge in [-0.15, -0.1) is 0 Å². The number of carbonyl (C=O) groups is 1. The molecule has 0 radical (unpaired) electrons. The Morgan fingerprint density at radius 3 is 2.74 bits per heavy atom. The van der Waals surface area contributed by atoms with E-state index in [2.05, 4.69) is 4.98 Å². The topological polar surface area (TPSA) is 47.0 Å². The molecular weight excluding hydrogens is 361 g/mol. The van der Waals surface area contributed by atoms with Gasteiger partial charge in [0.1, 0.15) is 12.1 Å². The van der Waals surface area contributed by atoms with Gasteiger partial charge >= 0.3 is 0 Å². The maximum Gasteiger partial charge on any atom is 0.127 e. The summed E-state index contributed by atoms with van der Waals surface area (Å²) in [5.41, 5.74) is 3.91. The van der Waals surface area contributed by atoms with Crippen molar-refractivity contribution in [2.24, 2.45) is 0 Å². The highest BCUT2D eigenvalue weighted by Gasteiger charge is 2.29. The average molecular weight is 381 g/mol. The lowest BCUT2D eigenvalue weighted by molar-refractivity contribution is -0.107. The first-order valence-corrected chi connectivity index (χ1v) is 10.3. The summed E-state index contributed by atoms with van der Waals surface area (Å²) in [6.07, 6.45) is 5.18. The lowest BCUT2D eigenvalue weighted by atomic mass is 9.95. The first-order valence-electron chi connectivity index (χ1n) is 9.06. The number of nitrogens with zero attached hydrogens (tertiary/aromatic N) is 1. The van der Waals surface area contributed by atoms with Crippen LogP contribution in [0.25, 0.3) is 10.9 Å². The standard InChI is InChI=1S/C22H20FNO2S/c1-14-10-15(7-9-25)11-21(23)19(14)12-16-6-8-24-22-5-4-18(13-20(16)22)27(26)17-2-3-17/h4-6,8-11,13,17H,2-3,7,12H2,1H3. The van der Waals surface area contributed by atoms with Gasteiger partial charge in [-0.1, -0.05) is 6.07 Å². The minimum absolute atomic E-state index is 0.215. The Hall–Kier alpha value is -2.40. The second kappa shape index (κ2) is 7.31. The van der Waals surface area contributed by atoms with Crippen molar-refractivity contribution in [3.8, 4) is 0 Å². The molecule has 0 aliphatic heterocycles. The molecule has 1 aromatic heterocycles. The van der Waals surface area contributed by atoms with Gasteiger partial charge in [0.25, 0.3) is 0 Å². The molecule has 5 heteroatoms. The summed E-state index contributed by atoms with van der Waals surface area (Å²) in [4.78, 5) is 15.9. The zero-order valence-corrected chi connectivity index (χ0v) is 15.9. The van der Waals surface area contributed by atoms with Crippen molar-refractivity contribution in [2.45, 2.75) is 42.8 Å². The number of aldehydes is 1. The van der Waals surface area contributed by atoms with Crippen molar-refractivity contribution in [2.75, 3.05) is 0 Å². The minimum Gasteiger partial charge on any atom is -0.303 e. The SMILES string of the molecule is Cc1cc(CC=O)cc(F)c1Cc1ccnc2ccc(S(=O)C3CC3)cc12. The molecule has 0 N–H and O–H groups in total. The van der Waals surface area contributed by atoms with E-state index >= 15 is 0 Å². The maximum atomic E-state index is 14.7. The molecule has 1 aliphatic rings. The lowest BCUT2D eigenvalue weighted by Crippen LogP contribution is -2.02. The molecule has 27 heavy (non-hydrogen) atoms. The van der Waals surface area contributed by atoms with E-state index in [-0.39, 0.29) is 17.5 Å². The first kappa shape index (κ1) is 18.0. The van der Waals surface area contributed by atoms with Crippen LogP contribution in [-0.4, -0.2) is 20.7 Å². The predicted molar refractivity (Wildman–Crippen MR) is 105 cm³/mol. The molecule has 0 spiro atoms. The number of rotatable bonds is 6. The number of aryl methyl sites for hydroxylation is 1. The highest BCUT2D eigenvalue weighted by molar-refractivity contribution is 7.86. The van der Waals surface area contributed by atoms with Crippen LogP contribution in [0.4, 0.5) is 4.39 Å². The summed E-state index contributed by atoms with van der Waals surface area (Å²) in [6.45, 7) is 1.86. The number of hydrogen-bond acceptors (Lipinski definition) is 3. The zero-order valence-electron chi connectivity index (χ0n) is 15.1. The molecular formula is C22H20FNO2S. The quantitative estimate of drug-likeness (QED) is 0.599. The third-order valence-electron chi connectivity index (χ3n) is 5.03. The van der Waals surface area contributed by atoms with Crippen LogP contribution in [0, 0.1) is 12.7 Å². The number of aromatic nitrogens is 1. The second-order valence-electron chi connectivity index (χ2n) is 7.07. The minimum atomic E-state index is -0.984. The van der Waals surface area contributed by atoms with E-state index in [4.69, 9.17) is 0 Å². The second-order valence-corrected chi connectivity index (χ2v) is 8.80. The molecule has 4 rings (SSSR count). The van der Waals surface area contributed by atoms with Crippen molar-refractivity contribution < 1.29 is 13.4 Å². The van der Waals surface area contributed by atoms with Crippen LogP contribution in [0.1, 0.15) is 35.1 Å². The molecule has 1 atom stereocenters. The van der Waals surface area contributed by atoms with Crippen molar-refractivity contribution >= 4 is 28.0 Å². The Morgan fingerprint density at radius 1 is 1.22 bits per heavy atom. The van der Waals surface area contributed by atoms with Gasteiger partial charge < -0.3 is 4.79 Å². The summed E-state index contributed by atoms with van der Waals surface area (Å²) in [6, 6.07) is 10.9. The van der Waals surface area contributed by atoms with Gasteiger partial charge in [-0.25, -0.2) is 4.39 Å². The Morgan fingerprint density at radius 2 is 2.04 bits per heavy atom. The number of halogens is 1. The largest absolute Gasteiger partial charge is 0.303 e. The third-order valence-corrected chi connectivity index (χ3v) is 6.82. The monoisotopic (exact) mass is 381 g/mol. The third kappa shape index (κ3) is 3.69. The number of fused-ring (bicyclic) bond motifs is 1. The van der Waals surface area contributed by atoms with E-state index in [1.54, 1.807) is 6.20 Å². The van der Waals surface area contributed by atoms with Crippen molar-refractivity contribution in [1.29, 1.82) is 0 Å². The Kier molecular flexibility index (Phi) is 4.87. The van der Waals surface area contributed by atoms with Crippen molar-refractivity contribution in [3.63, 3.8) is 0 Å². The summed E-state index contributed by atoms with van der Waals surface area (Å²) >= 11 is 0. The molecule has 3 nitrogen and oxygen atoms in total. The molecule has 3 aromatic rings. The van der Waals surface area contributed by atoms with Crippen LogP contribution in [0.2, 0.25) is 0 Å². The van der Waals surface area contributed by atoms with Gasteiger partial charge in [-0.2, -0.15) is 0 Å². The fourth-order valence-corrected chi connectivity index (χ4v) is 4.79. The fourth-order valence-electron chi connectivity index (χ4n) is 3.41. The predicted octanol–water partition coefficient (Wildman–Crippen LogP) is 4.28. The highest BCUT2D eigenvalue weighted by atomic mass is 32.2. The molecule has 1 unspecified atom stereocenters. The van der Waals surface area contributed by atoms with Gasteiger partial charge in [0.15, 0.2) is 0 Å². The summed E-state index contributed by atoms with van der Waals surface area (Å²) in [5, 5.41) is 1.19. The first-order chi connectivity index (χ1) is 13.1. The van der Waals surface area contributed by atoms with Crippen LogP contribution in [-0.2, 0) is 28.4 Å². The van der Waals surface area contributed by atoms with Crippen LogP contribution in [0.15, 0.2) is 47.5 Å². The molecule has 2 aromatic carbocycles. The van der Waals surface area contributed by atoms with E-state index in [1.807, 2.05) is 37.3 Å². The van der Waals surface area contributed by atoms with Crippen LogP contribution in [0.5, 0.6) is 0 Å². The van der Waals surface area contributed by atoms with Gasteiger partial charge in [0.05, 0.1) is 16.3 Å². The van der Waals surface area contributed by atoms with Crippen LogP contribution in [0.3, 0.4) is 0 Å². The summed E-state index contributed by atoms with van der Waals surface area (Å²) in [5.74, 6) is -0.297. The maximum absolute atomic E-state index is 14.7. The fraction of sp³-hybridized carbons (Fsp3) is 0.273. The molecule has 1 fully saturated rings. The molecule has 0 amide bonds. The average Bonchev–Trinajstić information content (AvgIpc) is 3.49. The van der Waals surface area contributed by atoms with E-state index in [9.17, 15) is 13.4 Å². The van der Waals surface area contributed by atoms with Crippen LogP contribution < -0.4 is 0 Å². The normalized spacial score (nSPS) is 15.0. The number of benzene rings is 2. The summed E-state index contributed by atoms with van der Waals surface area (Å²) in [7, 11) is -0.984. The van der Waals surface area contributed by atoms with Crippen LogP contribution >= 0.6 is 0 Å². The van der Waals surface area contributed by atoms with Gasteiger partial charge in [0.2, 0.25) is 0 Å². The molecule has 1 saturated carbocycles. The van der Waals surface area contributed by atoms with Gasteiger partial charge in [-0.05, 0) is 72.4 Å². The zero-order chi connectivity index (χ0) is 19.0. The summed E-state index contributed by atoms with van der Waals surface area (Å²) < 4.78 is 27.2. The Bertz CT molecular complexity index is 1040. The van der Waals surface area contributed by atoms with E-state index in [1.165, 1.54) is 6.07 Å². The number of carbonyl (C=O) groups excluding carboxylic acids is 1. The molecule has 1 aliphatic carbocycles. The van der Waals surface area contributed by atoms with Crippen molar-refractivity contribution in [1.82, 2.24) is 4.98 Å². The Balaban J connectivity index is 1.74. The molecule has 1 heterocycles. The Labute approximate surface area is 160 Å². The smallest absolute Gasteiger partial charge is 0.127 e. The number of hydrogen-bond donors (Lipinski definition) is 0. The van der Waals surface area contributed by atoms with E-state index in [0.717, 1.165) is 46.1 Å².